The zero-order valence-corrected chi connectivity index (χ0v) is 21.6. The van der Waals surface area contributed by atoms with E-state index >= 15 is 0 Å². The molecule has 0 saturated heterocycles. The zero-order valence-electron chi connectivity index (χ0n) is 20.8. The Bertz CT molecular complexity index is 984. The van der Waals surface area contributed by atoms with Gasteiger partial charge in [0.05, 0.1) is 0 Å². The van der Waals surface area contributed by atoms with E-state index in [9.17, 15) is 0 Å². The van der Waals surface area contributed by atoms with Gasteiger partial charge in [0.1, 0.15) is 0 Å². The van der Waals surface area contributed by atoms with Crippen LogP contribution in [0.4, 0.5) is 0 Å². The lowest BCUT2D eigenvalue weighted by Crippen LogP contribution is -1.77. The lowest BCUT2D eigenvalue weighted by atomic mass is 10.1. The van der Waals surface area contributed by atoms with Crippen molar-refractivity contribution in [3.63, 3.8) is 0 Å². The second-order valence-corrected chi connectivity index (χ2v) is 9.57. The predicted octanol–water partition coefficient (Wildman–Crippen LogP) is 10.1. The van der Waals surface area contributed by atoms with Gasteiger partial charge in [-0.15, -0.1) is 11.8 Å². The molecule has 0 bridgehead atoms. The van der Waals surface area contributed by atoms with Crippen molar-refractivity contribution in [3.05, 3.63) is 144 Å². The number of fused-ring (bicyclic) bond motifs is 2. The van der Waals surface area contributed by atoms with Crippen molar-refractivity contribution >= 4 is 22.5 Å². The average molecular weight is 479 g/mol. The maximum absolute atomic E-state index is 2.24. The molecule has 0 atom stereocenters. The Labute approximate surface area is 216 Å². The molecule has 0 saturated carbocycles. The normalized spacial score (nSPS) is 14.2. The first kappa shape index (κ1) is 26.6. The minimum Gasteiger partial charge on any atom is -0.134 e. The fraction of sp³-hybridized carbons (Fsp3) is 0.235. The first-order valence-corrected chi connectivity index (χ1v) is 13.9. The summed E-state index contributed by atoms with van der Waals surface area (Å²) in [5.41, 5.74) is 3.13. The minimum atomic E-state index is 1.28. The highest BCUT2D eigenvalue weighted by Gasteiger charge is 2.07. The Morgan fingerprint density at radius 2 is 0.886 bits per heavy atom. The SMILES string of the molecule is C1=CCCC1.C1=CSCC1.c1ccc2c(c1)CCC2.c1ccc2ccccc2c1.c1ccccc1. The van der Waals surface area contributed by atoms with Crippen LogP contribution in [-0.4, -0.2) is 5.75 Å². The van der Waals surface area contributed by atoms with E-state index in [1.807, 2.05) is 48.2 Å². The van der Waals surface area contributed by atoms with E-state index in [4.69, 9.17) is 0 Å². The van der Waals surface area contributed by atoms with Crippen LogP contribution in [0.1, 0.15) is 43.2 Å². The molecule has 180 valence electrons. The second-order valence-electron chi connectivity index (χ2n) is 8.56. The molecule has 4 aromatic carbocycles. The van der Waals surface area contributed by atoms with Crippen molar-refractivity contribution in [2.24, 2.45) is 0 Å². The summed E-state index contributed by atoms with van der Waals surface area (Å²) in [4.78, 5) is 0. The third-order valence-corrected chi connectivity index (χ3v) is 6.70. The van der Waals surface area contributed by atoms with Crippen molar-refractivity contribution in [2.45, 2.75) is 44.9 Å². The molecule has 1 aliphatic heterocycles. The molecule has 3 aliphatic rings. The number of aryl methyl sites for hydroxylation is 2. The number of benzene rings is 4. The van der Waals surface area contributed by atoms with Crippen molar-refractivity contribution in [3.8, 4) is 0 Å². The minimum absolute atomic E-state index is 1.28. The summed E-state index contributed by atoms with van der Waals surface area (Å²) >= 11 is 1.89. The van der Waals surface area contributed by atoms with E-state index in [1.54, 1.807) is 11.1 Å². The van der Waals surface area contributed by atoms with Gasteiger partial charge in [-0.3, -0.25) is 0 Å². The summed E-state index contributed by atoms with van der Waals surface area (Å²) in [5.74, 6) is 1.31. The summed E-state index contributed by atoms with van der Waals surface area (Å²) in [6.45, 7) is 0. The van der Waals surface area contributed by atoms with Gasteiger partial charge in [-0.2, -0.15) is 0 Å². The highest BCUT2D eigenvalue weighted by molar-refractivity contribution is 8.02. The predicted molar refractivity (Wildman–Crippen MR) is 158 cm³/mol. The van der Waals surface area contributed by atoms with Crippen LogP contribution in [0.15, 0.2) is 133 Å². The molecular formula is C34H38S. The quantitative estimate of drug-likeness (QED) is 0.227. The van der Waals surface area contributed by atoms with E-state index in [2.05, 4.69) is 96.4 Å². The molecule has 7 rings (SSSR count). The molecule has 1 heteroatoms. The number of hydrogen-bond acceptors (Lipinski definition) is 1. The lowest BCUT2D eigenvalue weighted by molar-refractivity contribution is 0.912. The Hall–Kier alpha value is -3.03. The van der Waals surface area contributed by atoms with Crippen molar-refractivity contribution in [2.75, 3.05) is 5.75 Å². The Balaban J connectivity index is 0.000000126. The van der Waals surface area contributed by atoms with Gasteiger partial charge in [0.15, 0.2) is 0 Å². The number of hydrogen-bond donors (Lipinski definition) is 0. The molecule has 0 amide bonds. The highest BCUT2D eigenvalue weighted by atomic mass is 32.2. The fourth-order valence-electron chi connectivity index (χ4n) is 3.96. The van der Waals surface area contributed by atoms with Gasteiger partial charge >= 0.3 is 0 Å². The molecule has 4 aromatic rings. The zero-order chi connectivity index (χ0) is 24.2. The number of allylic oxidation sites excluding steroid dienone is 3. The maximum Gasteiger partial charge on any atom is 0.000884 e. The van der Waals surface area contributed by atoms with Crippen LogP contribution in [0.2, 0.25) is 0 Å². The average Bonchev–Trinajstić information content (AvgIpc) is 3.76. The van der Waals surface area contributed by atoms with Gasteiger partial charge < -0.3 is 0 Å². The smallest absolute Gasteiger partial charge is 0.000884 e. The molecule has 0 spiro atoms. The van der Waals surface area contributed by atoms with E-state index in [-0.39, 0.29) is 0 Å². The van der Waals surface area contributed by atoms with Crippen LogP contribution >= 0.6 is 11.8 Å². The van der Waals surface area contributed by atoms with Crippen LogP contribution in [-0.2, 0) is 12.8 Å². The van der Waals surface area contributed by atoms with Gasteiger partial charge in [0, 0.05) is 5.75 Å². The van der Waals surface area contributed by atoms with E-state index in [0.717, 1.165) is 0 Å². The van der Waals surface area contributed by atoms with Crippen molar-refractivity contribution in [1.29, 1.82) is 0 Å². The number of rotatable bonds is 0. The van der Waals surface area contributed by atoms with Crippen LogP contribution in [0.3, 0.4) is 0 Å². The van der Waals surface area contributed by atoms with Crippen LogP contribution in [0.25, 0.3) is 10.8 Å². The summed E-state index contributed by atoms with van der Waals surface area (Å²) < 4.78 is 0. The Kier molecular flexibility index (Phi) is 13.2. The Morgan fingerprint density at radius 1 is 0.429 bits per heavy atom. The molecule has 0 radical (unpaired) electrons. The fourth-order valence-corrected chi connectivity index (χ4v) is 4.64. The molecule has 0 N–H and O–H groups in total. The van der Waals surface area contributed by atoms with Gasteiger partial charge in [-0.05, 0) is 72.3 Å². The molecule has 0 aromatic heterocycles. The van der Waals surface area contributed by atoms with Crippen LogP contribution in [0, 0.1) is 0 Å². The summed E-state index contributed by atoms with van der Waals surface area (Å²) in [6, 6.07) is 37.4. The summed E-state index contributed by atoms with van der Waals surface area (Å²) in [7, 11) is 0. The largest absolute Gasteiger partial charge is 0.134 e. The lowest BCUT2D eigenvalue weighted by Gasteiger charge is -1.93. The van der Waals surface area contributed by atoms with E-state index < -0.39 is 0 Å². The highest BCUT2D eigenvalue weighted by Crippen LogP contribution is 2.20. The molecular weight excluding hydrogens is 440 g/mol. The molecule has 0 unspecified atom stereocenters. The molecule has 0 nitrogen and oxygen atoms in total. The summed E-state index contributed by atoms with van der Waals surface area (Å²) in [5, 5.41) is 4.77. The monoisotopic (exact) mass is 478 g/mol. The maximum atomic E-state index is 2.24. The van der Waals surface area contributed by atoms with Crippen LogP contribution in [0.5, 0.6) is 0 Å². The first-order chi connectivity index (χ1) is 17.4. The van der Waals surface area contributed by atoms with Crippen molar-refractivity contribution in [1.82, 2.24) is 0 Å². The number of thioether (sulfide) groups is 1. The molecule has 0 fully saturated rings. The Morgan fingerprint density at radius 3 is 1.20 bits per heavy atom. The third-order valence-electron chi connectivity index (χ3n) is 5.84. The van der Waals surface area contributed by atoms with Gasteiger partial charge in [0.25, 0.3) is 0 Å². The molecule has 1 heterocycles. The third kappa shape index (κ3) is 11.3. The second kappa shape index (κ2) is 17.4. The summed E-state index contributed by atoms with van der Waals surface area (Å²) in [6.07, 6.45) is 15.9. The van der Waals surface area contributed by atoms with E-state index in [1.165, 1.54) is 61.5 Å². The van der Waals surface area contributed by atoms with Crippen molar-refractivity contribution < 1.29 is 0 Å². The molecule has 2 aliphatic carbocycles. The standard InChI is InChI=1S/C10H8.C9H10.C6H6.C5H8.C4H6S/c1-2-6-10-8-4-3-7-9(10)5-1;1-2-5-9-7-3-6-8(9)4-1;1-2-4-6-5-3-1;2*1-2-4-5-3-1/h1-8H;1-2,4-5H,3,6-7H2;1-6H;1-2H,3-5H2;1,3H,2,4H2. The first-order valence-electron chi connectivity index (χ1n) is 12.9. The topological polar surface area (TPSA) is 0 Å². The van der Waals surface area contributed by atoms with Gasteiger partial charge in [-0.1, -0.05) is 127 Å². The molecule has 35 heavy (non-hydrogen) atoms. The van der Waals surface area contributed by atoms with E-state index in [0.29, 0.717) is 0 Å². The van der Waals surface area contributed by atoms with Gasteiger partial charge in [-0.25, -0.2) is 0 Å². The van der Waals surface area contributed by atoms with Crippen LogP contribution < -0.4 is 0 Å². The van der Waals surface area contributed by atoms with Gasteiger partial charge in [0.2, 0.25) is 0 Å².